The molecule has 33 valence electrons. The molecular formula is C4H5O2. The number of ketones is 1. The van der Waals surface area contributed by atoms with Crippen LogP contribution in [0.15, 0.2) is 12.3 Å². The van der Waals surface area contributed by atoms with Gasteiger partial charge >= 0.3 is 0 Å². The average molecular weight is 85.1 g/mol. The third-order valence-electron chi connectivity index (χ3n) is 0.393. The summed E-state index contributed by atoms with van der Waals surface area (Å²) in [5.74, 6) is -1.12. The Bertz CT molecular complexity index is 71.5. The molecule has 6 heavy (non-hydrogen) atoms. The highest BCUT2D eigenvalue weighted by Gasteiger charge is 1.93. The Morgan fingerprint density at radius 2 is 1.83 bits per heavy atom. The standard InChI is InChI=1S/C4H5O2/c1-3(5)4(2)6/h1H2,2H3. The molecule has 0 heterocycles. The molecule has 0 aromatic carbocycles. The number of carbonyl (C=O) groups excluding carboxylic acids is 1. The van der Waals surface area contributed by atoms with E-state index in [0.717, 1.165) is 0 Å². The number of rotatable bonds is 1. The summed E-state index contributed by atoms with van der Waals surface area (Å²) >= 11 is 0. The van der Waals surface area contributed by atoms with E-state index in [-0.39, 0.29) is 0 Å². The monoisotopic (exact) mass is 85.0 g/mol. The molecular weight excluding hydrogens is 80.0 g/mol. The summed E-state index contributed by atoms with van der Waals surface area (Å²) in [6.07, 6.45) is 0. The van der Waals surface area contributed by atoms with Crippen LogP contribution in [0.25, 0.3) is 0 Å². The molecule has 0 aromatic heterocycles. The van der Waals surface area contributed by atoms with E-state index in [1.807, 2.05) is 0 Å². The van der Waals surface area contributed by atoms with Crippen LogP contribution >= 0.6 is 0 Å². The number of hydrogen-bond acceptors (Lipinski definition) is 1. The van der Waals surface area contributed by atoms with Gasteiger partial charge in [-0.25, -0.2) is 0 Å². The third kappa shape index (κ3) is 1.52. The van der Waals surface area contributed by atoms with Crippen LogP contribution in [-0.2, 0) is 9.90 Å². The van der Waals surface area contributed by atoms with Gasteiger partial charge in [0.25, 0.3) is 0 Å². The summed E-state index contributed by atoms with van der Waals surface area (Å²) in [4.78, 5) is 9.73. The van der Waals surface area contributed by atoms with E-state index < -0.39 is 11.5 Å². The van der Waals surface area contributed by atoms with E-state index in [2.05, 4.69) is 6.58 Å². The van der Waals surface area contributed by atoms with Crippen molar-refractivity contribution in [2.24, 2.45) is 0 Å². The van der Waals surface area contributed by atoms with Crippen molar-refractivity contribution in [2.75, 3.05) is 0 Å². The number of Topliss-reactive ketones (excluding diaryl/α,β-unsaturated/α-hetero) is 1. The van der Waals surface area contributed by atoms with Gasteiger partial charge in [-0.1, -0.05) is 0 Å². The Labute approximate surface area is 36.1 Å². The van der Waals surface area contributed by atoms with E-state index in [9.17, 15) is 9.90 Å². The molecule has 0 aliphatic rings. The SMILES string of the molecule is C=C([O])C(C)=O. The summed E-state index contributed by atoms with van der Waals surface area (Å²) in [6.45, 7) is 4.04. The van der Waals surface area contributed by atoms with Gasteiger partial charge in [0, 0.05) is 6.92 Å². The first kappa shape index (κ1) is 5.21. The first-order chi connectivity index (χ1) is 2.64. The van der Waals surface area contributed by atoms with Crippen LogP contribution < -0.4 is 0 Å². The molecule has 0 rings (SSSR count). The van der Waals surface area contributed by atoms with Crippen LogP contribution in [0.3, 0.4) is 0 Å². The maximum Gasteiger partial charge on any atom is 0.213 e. The first-order valence-electron chi connectivity index (χ1n) is 1.51. The van der Waals surface area contributed by atoms with Crippen LogP contribution in [0.2, 0.25) is 0 Å². The van der Waals surface area contributed by atoms with Gasteiger partial charge in [0.2, 0.25) is 5.76 Å². The number of hydrogen-bond donors (Lipinski definition) is 0. The van der Waals surface area contributed by atoms with Crippen molar-refractivity contribution in [2.45, 2.75) is 6.92 Å². The second kappa shape index (κ2) is 1.60. The van der Waals surface area contributed by atoms with Gasteiger partial charge in [0.15, 0.2) is 5.78 Å². The minimum Gasteiger partial charge on any atom is -0.291 e. The Morgan fingerprint density at radius 3 is 1.83 bits per heavy atom. The summed E-state index contributed by atoms with van der Waals surface area (Å²) < 4.78 is 0. The van der Waals surface area contributed by atoms with E-state index in [1.165, 1.54) is 6.92 Å². The van der Waals surface area contributed by atoms with Crippen molar-refractivity contribution in [1.82, 2.24) is 0 Å². The Morgan fingerprint density at radius 1 is 1.67 bits per heavy atom. The minimum absolute atomic E-state index is 0.491. The summed E-state index contributed by atoms with van der Waals surface area (Å²) in [7, 11) is 0. The molecule has 0 aliphatic carbocycles. The first-order valence-corrected chi connectivity index (χ1v) is 1.51. The minimum atomic E-state index is -0.630. The van der Waals surface area contributed by atoms with Crippen molar-refractivity contribution in [3.8, 4) is 0 Å². The zero-order valence-electron chi connectivity index (χ0n) is 3.52. The highest BCUT2D eigenvalue weighted by Crippen LogP contribution is 1.80. The van der Waals surface area contributed by atoms with Crippen molar-refractivity contribution < 1.29 is 9.90 Å². The maximum absolute atomic E-state index is 9.73. The smallest absolute Gasteiger partial charge is 0.213 e. The molecule has 2 heteroatoms. The van der Waals surface area contributed by atoms with Crippen LogP contribution in [0.1, 0.15) is 6.92 Å². The molecule has 0 unspecified atom stereocenters. The lowest BCUT2D eigenvalue weighted by Crippen LogP contribution is -1.88. The van der Waals surface area contributed by atoms with Crippen molar-refractivity contribution >= 4 is 5.78 Å². The van der Waals surface area contributed by atoms with Crippen molar-refractivity contribution in [3.63, 3.8) is 0 Å². The quantitative estimate of drug-likeness (QED) is 0.338. The average Bonchev–Trinajstić information content (AvgIpc) is 1.36. The number of carbonyl (C=O) groups is 1. The zero-order chi connectivity index (χ0) is 5.15. The molecule has 0 atom stereocenters. The van der Waals surface area contributed by atoms with Gasteiger partial charge in [-0.2, -0.15) is 0 Å². The highest BCUT2D eigenvalue weighted by atomic mass is 16.3. The molecule has 0 fully saturated rings. The molecule has 0 amide bonds. The molecule has 2 nitrogen and oxygen atoms in total. The lowest BCUT2D eigenvalue weighted by Gasteiger charge is -1.74. The summed E-state index contributed by atoms with van der Waals surface area (Å²) in [5.41, 5.74) is 0. The van der Waals surface area contributed by atoms with Crippen LogP contribution in [-0.4, -0.2) is 5.78 Å². The summed E-state index contributed by atoms with van der Waals surface area (Å²) in [6, 6.07) is 0. The molecule has 0 saturated carbocycles. The lowest BCUT2D eigenvalue weighted by molar-refractivity contribution is -0.116. The third-order valence-corrected chi connectivity index (χ3v) is 0.393. The van der Waals surface area contributed by atoms with Gasteiger partial charge in [0.05, 0.1) is 0 Å². The predicted molar refractivity (Wildman–Crippen MR) is 20.5 cm³/mol. The second-order valence-electron chi connectivity index (χ2n) is 0.979. The van der Waals surface area contributed by atoms with E-state index in [0.29, 0.717) is 0 Å². The highest BCUT2D eigenvalue weighted by molar-refractivity contribution is 5.89. The fraction of sp³-hybridized carbons (Fsp3) is 0.250. The molecule has 0 N–H and O–H groups in total. The van der Waals surface area contributed by atoms with Gasteiger partial charge in [-0.3, -0.25) is 9.90 Å². The summed E-state index contributed by atoms with van der Waals surface area (Å²) in [5, 5.41) is 9.68. The van der Waals surface area contributed by atoms with Gasteiger partial charge in [-0.15, -0.1) is 0 Å². The molecule has 1 radical (unpaired) electrons. The topological polar surface area (TPSA) is 37.0 Å². The Balaban J connectivity index is 3.57. The van der Waals surface area contributed by atoms with Crippen LogP contribution in [0.5, 0.6) is 0 Å². The normalized spacial score (nSPS) is 7.50. The van der Waals surface area contributed by atoms with Crippen LogP contribution in [0, 0.1) is 0 Å². The second-order valence-corrected chi connectivity index (χ2v) is 0.979. The van der Waals surface area contributed by atoms with Crippen molar-refractivity contribution in [1.29, 1.82) is 0 Å². The molecule has 0 saturated heterocycles. The fourth-order valence-corrected chi connectivity index (χ4v) is 0. The van der Waals surface area contributed by atoms with E-state index in [1.54, 1.807) is 0 Å². The zero-order valence-corrected chi connectivity index (χ0v) is 3.52. The molecule has 0 bridgehead atoms. The van der Waals surface area contributed by atoms with Gasteiger partial charge in [-0.05, 0) is 6.58 Å². The maximum atomic E-state index is 9.73. The largest absolute Gasteiger partial charge is 0.291 e. The molecule has 0 aromatic rings. The lowest BCUT2D eigenvalue weighted by atomic mass is 10.4. The fourth-order valence-electron chi connectivity index (χ4n) is 0. The van der Waals surface area contributed by atoms with Crippen molar-refractivity contribution in [3.05, 3.63) is 12.3 Å². The van der Waals surface area contributed by atoms with E-state index >= 15 is 0 Å². The molecule has 0 aliphatic heterocycles. The van der Waals surface area contributed by atoms with Gasteiger partial charge in [0.1, 0.15) is 0 Å². The Kier molecular flexibility index (Phi) is 1.39. The Hall–Kier alpha value is -0.790. The van der Waals surface area contributed by atoms with Crippen LogP contribution in [0.4, 0.5) is 0 Å². The van der Waals surface area contributed by atoms with E-state index in [4.69, 9.17) is 0 Å². The predicted octanol–water partition coefficient (Wildman–Crippen LogP) is 0.520. The number of allylic oxidation sites excluding steroid dienone is 1. The van der Waals surface area contributed by atoms with Gasteiger partial charge < -0.3 is 0 Å². The molecule has 0 spiro atoms.